The summed E-state index contributed by atoms with van der Waals surface area (Å²) < 4.78 is 46.3. The Morgan fingerprint density at radius 3 is 2.65 bits per heavy atom. The summed E-state index contributed by atoms with van der Waals surface area (Å²) >= 11 is 0. The number of hydrogen-bond donors (Lipinski definition) is 0. The van der Waals surface area contributed by atoms with Crippen molar-refractivity contribution in [1.29, 1.82) is 0 Å². The fraction of sp³-hybridized carbons (Fsp3) is 0.444. The number of hydrogen-bond acceptors (Lipinski definition) is 3. The molecule has 2 fully saturated rings. The first kappa shape index (κ1) is 17.1. The molecule has 2 heterocycles. The molecule has 1 aliphatic carbocycles. The first-order valence-corrected chi connectivity index (χ1v) is 8.51. The summed E-state index contributed by atoms with van der Waals surface area (Å²) in [5.74, 6) is -3.37. The Morgan fingerprint density at radius 1 is 1.23 bits per heavy atom. The second-order valence-corrected chi connectivity index (χ2v) is 6.83. The van der Waals surface area contributed by atoms with Gasteiger partial charge in [0, 0.05) is 32.1 Å². The maximum absolute atomic E-state index is 13.1. The molecule has 4 rings (SSSR count). The van der Waals surface area contributed by atoms with Gasteiger partial charge in [-0.3, -0.25) is 4.79 Å². The third kappa shape index (κ3) is 3.33. The first-order chi connectivity index (χ1) is 12.4. The molecule has 8 heteroatoms. The highest BCUT2D eigenvalue weighted by Gasteiger charge is 2.50. The van der Waals surface area contributed by atoms with E-state index in [0.717, 1.165) is 0 Å². The number of carbonyl (C=O) groups is 1. The van der Waals surface area contributed by atoms with Crippen molar-refractivity contribution in [3.8, 4) is 5.69 Å². The van der Waals surface area contributed by atoms with Crippen LogP contribution in [-0.4, -0.2) is 52.3 Å². The molecule has 5 nitrogen and oxygen atoms in total. The van der Waals surface area contributed by atoms with Gasteiger partial charge in [0.1, 0.15) is 5.82 Å². The van der Waals surface area contributed by atoms with Crippen molar-refractivity contribution < 1.29 is 22.7 Å². The monoisotopic (exact) mass is 365 g/mol. The molecule has 1 unspecified atom stereocenters. The highest BCUT2D eigenvalue weighted by Crippen LogP contribution is 2.45. The average Bonchev–Trinajstić information content (AvgIpc) is 3.10. The van der Waals surface area contributed by atoms with Gasteiger partial charge in [-0.05, 0) is 30.2 Å². The molecular weight excluding hydrogens is 347 g/mol. The van der Waals surface area contributed by atoms with Crippen molar-refractivity contribution in [2.24, 2.45) is 5.92 Å². The van der Waals surface area contributed by atoms with E-state index >= 15 is 0 Å². The van der Waals surface area contributed by atoms with Crippen LogP contribution in [0.25, 0.3) is 5.69 Å². The Kier molecular flexibility index (Phi) is 4.22. The number of ether oxygens (including phenoxy) is 1. The first-order valence-electron chi connectivity index (χ1n) is 8.51. The molecule has 1 aromatic heterocycles. The van der Waals surface area contributed by atoms with Crippen LogP contribution >= 0.6 is 0 Å². The Morgan fingerprint density at radius 2 is 1.96 bits per heavy atom. The summed E-state index contributed by atoms with van der Waals surface area (Å²) in [5, 5.41) is 4.15. The molecular formula is C18H18F3N3O2. The van der Waals surface area contributed by atoms with Crippen LogP contribution in [-0.2, 0) is 4.74 Å². The van der Waals surface area contributed by atoms with E-state index in [2.05, 4.69) is 5.10 Å². The summed E-state index contributed by atoms with van der Waals surface area (Å²) in [6, 6.07) is 5.77. The zero-order chi connectivity index (χ0) is 18.3. The second-order valence-electron chi connectivity index (χ2n) is 6.83. The lowest BCUT2D eigenvalue weighted by molar-refractivity contribution is -0.164. The molecule has 1 amide bonds. The number of halogens is 3. The number of nitrogens with zero attached hydrogens (tertiary/aromatic N) is 3. The van der Waals surface area contributed by atoms with Crippen molar-refractivity contribution in [2.75, 3.05) is 19.7 Å². The SMILES string of the molecule is O=C(c1cnn(-c2ccc(F)cc2)c1)N1CCOC(C2CC(F)(F)C2)C1. The highest BCUT2D eigenvalue weighted by molar-refractivity contribution is 5.93. The molecule has 0 radical (unpaired) electrons. The van der Waals surface area contributed by atoms with E-state index in [1.54, 1.807) is 23.2 Å². The topological polar surface area (TPSA) is 47.4 Å². The number of carbonyl (C=O) groups excluding carboxylic acids is 1. The molecule has 2 aromatic rings. The predicted octanol–water partition coefficient (Wildman–Crippen LogP) is 2.90. The number of morpholine rings is 1. The predicted molar refractivity (Wildman–Crippen MR) is 86.8 cm³/mol. The quantitative estimate of drug-likeness (QED) is 0.840. The molecule has 1 saturated heterocycles. The highest BCUT2D eigenvalue weighted by atomic mass is 19.3. The normalized spacial score (nSPS) is 22.9. The Balaban J connectivity index is 1.43. The molecule has 0 N–H and O–H groups in total. The van der Waals surface area contributed by atoms with Crippen LogP contribution in [0.5, 0.6) is 0 Å². The van der Waals surface area contributed by atoms with E-state index in [9.17, 15) is 18.0 Å². The zero-order valence-corrected chi connectivity index (χ0v) is 13.9. The number of aromatic nitrogens is 2. The van der Waals surface area contributed by atoms with E-state index in [-0.39, 0.29) is 36.6 Å². The third-order valence-electron chi connectivity index (χ3n) is 4.95. The zero-order valence-electron chi connectivity index (χ0n) is 13.9. The van der Waals surface area contributed by atoms with Gasteiger partial charge in [-0.15, -0.1) is 0 Å². The van der Waals surface area contributed by atoms with Crippen molar-refractivity contribution in [3.63, 3.8) is 0 Å². The van der Waals surface area contributed by atoms with Gasteiger partial charge < -0.3 is 9.64 Å². The van der Waals surface area contributed by atoms with Crippen molar-refractivity contribution in [1.82, 2.24) is 14.7 Å². The van der Waals surface area contributed by atoms with Crippen LogP contribution in [0.3, 0.4) is 0 Å². The second kappa shape index (κ2) is 6.42. The number of alkyl halides is 2. The van der Waals surface area contributed by atoms with E-state index in [0.29, 0.717) is 30.9 Å². The molecule has 26 heavy (non-hydrogen) atoms. The van der Waals surface area contributed by atoms with E-state index in [4.69, 9.17) is 4.74 Å². The van der Waals surface area contributed by atoms with Crippen LogP contribution in [0.4, 0.5) is 13.2 Å². The summed E-state index contributed by atoms with van der Waals surface area (Å²) in [4.78, 5) is 14.3. The molecule has 1 aliphatic heterocycles. The molecule has 2 aliphatic rings. The van der Waals surface area contributed by atoms with Gasteiger partial charge >= 0.3 is 0 Å². The Hall–Kier alpha value is -2.35. The minimum absolute atomic E-state index is 0.178. The van der Waals surface area contributed by atoms with Gasteiger partial charge in [-0.25, -0.2) is 17.9 Å². The lowest BCUT2D eigenvalue weighted by Gasteiger charge is -2.43. The van der Waals surface area contributed by atoms with Gasteiger partial charge in [0.05, 0.1) is 30.2 Å². The fourth-order valence-electron chi connectivity index (χ4n) is 3.47. The average molecular weight is 365 g/mol. The minimum Gasteiger partial charge on any atom is -0.374 e. The van der Waals surface area contributed by atoms with Gasteiger partial charge in [-0.1, -0.05) is 0 Å². The number of benzene rings is 1. The molecule has 1 atom stereocenters. The fourth-order valence-corrected chi connectivity index (χ4v) is 3.47. The molecule has 1 aromatic carbocycles. The van der Waals surface area contributed by atoms with Gasteiger partial charge in [0.15, 0.2) is 0 Å². The molecule has 0 spiro atoms. The summed E-state index contributed by atoms with van der Waals surface area (Å²) in [5.41, 5.74) is 1.04. The standard InChI is InChI=1S/C18H18F3N3O2/c19-14-1-3-15(4-2-14)24-10-13(9-22-24)17(25)23-5-6-26-16(11-23)12-7-18(20,21)8-12/h1-4,9-10,12,16H,5-8,11H2. The molecule has 1 saturated carbocycles. The van der Waals surface area contributed by atoms with Gasteiger partial charge in [0.2, 0.25) is 5.92 Å². The Labute approximate surface area is 148 Å². The van der Waals surface area contributed by atoms with Gasteiger partial charge in [-0.2, -0.15) is 5.10 Å². The lowest BCUT2D eigenvalue weighted by atomic mass is 9.77. The Bertz CT molecular complexity index is 798. The summed E-state index contributed by atoms with van der Waals surface area (Å²) in [7, 11) is 0. The van der Waals surface area contributed by atoms with Crippen LogP contribution in [0.15, 0.2) is 36.7 Å². The minimum atomic E-state index is -2.60. The summed E-state index contributed by atoms with van der Waals surface area (Å²) in [6.45, 7) is 1.06. The van der Waals surface area contributed by atoms with Crippen molar-refractivity contribution in [3.05, 3.63) is 48.0 Å². The van der Waals surface area contributed by atoms with E-state index in [1.807, 2.05) is 0 Å². The van der Waals surface area contributed by atoms with E-state index in [1.165, 1.54) is 23.0 Å². The van der Waals surface area contributed by atoms with Gasteiger partial charge in [0.25, 0.3) is 5.91 Å². The van der Waals surface area contributed by atoms with Crippen molar-refractivity contribution in [2.45, 2.75) is 24.9 Å². The van der Waals surface area contributed by atoms with Crippen LogP contribution in [0.2, 0.25) is 0 Å². The largest absolute Gasteiger partial charge is 0.374 e. The third-order valence-corrected chi connectivity index (χ3v) is 4.95. The van der Waals surface area contributed by atoms with Crippen LogP contribution < -0.4 is 0 Å². The smallest absolute Gasteiger partial charge is 0.257 e. The molecule has 138 valence electrons. The molecule has 0 bridgehead atoms. The summed E-state index contributed by atoms with van der Waals surface area (Å²) in [6.07, 6.45) is 2.33. The van der Waals surface area contributed by atoms with Crippen LogP contribution in [0, 0.1) is 11.7 Å². The van der Waals surface area contributed by atoms with Crippen LogP contribution in [0.1, 0.15) is 23.2 Å². The van der Waals surface area contributed by atoms with Crippen molar-refractivity contribution >= 4 is 5.91 Å². The number of amides is 1. The van der Waals surface area contributed by atoms with E-state index < -0.39 is 5.92 Å². The maximum atomic E-state index is 13.1. The maximum Gasteiger partial charge on any atom is 0.257 e. The number of rotatable bonds is 3. The lowest BCUT2D eigenvalue weighted by Crippen LogP contribution is -2.53.